The van der Waals surface area contributed by atoms with Gasteiger partial charge in [0.05, 0.1) is 25.6 Å². The highest BCUT2D eigenvalue weighted by atomic mass is 16.6. The molecule has 28 heavy (non-hydrogen) atoms. The van der Waals surface area contributed by atoms with Crippen LogP contribution in [0.3, 0.4) is 0 Å². The molecule has 0 radical (unpaired) electrons. The molecule has 8 heteroatoms. The van der Waals surface area contributed by atoms with Crippen LogP contribution >= 0.6 is 0 Å². The first-order valence-electron chi connectivity index (χ1n) is 10.1. The second-order valence-corrected chi connectivity index (χ2v) is 6.87. The van der Waals surface area contributed by atoms with Gasteiger partial charge in [-0.3, -0.25) is 19.2 Å². The minimum Gasteiger partial charge on any atom is -0.481 e. The Hall–Kier alpha value is -2.12. The van der Waals surface area contributed by atoms with Gasteiger partial charge in [-0.15, -0.1) is 0 Å². The van der Waals surface area contributed by atoms with E-state index in [1.54, 1.807) is 0 Å². The molecule has 1 atom stereocenters. The number of unbranched alkanes of at least 4 members (excludes halogenated alkanes) is 4. The number of hydrogen-bond donors (Lipinski definition) is 2. The van der Waals surface area contributed by atoms with E-state index in [9.17, 15) is 19.2 Å². The second-order valence-electron chi connectivity index (χ2n) is 6.87. The van der Waals surface area contributed by atoms with Crippen molar-refractivity contribution in [2.24, 2.45) is 11.8 Å². The Labute approximate surface area is 166 Å². The zero-order valence-corrected chi connectivity index (χ0v) is 17.0. The summed E-state index contributed by atoms with van der Waals surface area (Å²) in [6, 6.07) is 0. The summed E-state index contributed by atoms with van der Waals surface area (Å²) in [4.78, 5) is 45.8. The van der Waals surface area contributed by atoms with E-state index in [0.717, 1.165) is 19.3 Å². The van der Waals surface area contributed by atoms with Crippen LogP contribution in [0.1, 0.15) is 78.1 Å². The zero-order chi connectivity index (χ0) is 21.4. The molecule has 162 valence electrons. The summed E-state index contributed by atoms with van der Waals surface area (Å²) >= 11 is 0. The quantitative estimate of drug-likeness (QED) is 0.215. The van der Waals surface area contributed by atoms with Gasteiger partial charge in [-0.05, 0) is 25.7 Å². The van der Waals surface area contributed by atoms with Gasteiger partial charge >= 0.3 is 23.9 Å². The average Bonchev–Trinajstić information content (AvgIpc) is 2.64. The molecule has 0 aliphatic carbocycles. The molecule has 0 spiro atoms. The van der Waals surface area contributed by atoms with Gasteiger partial charge in [-0.1, -0.05) is 46.0 Å². The normalized spacial score (nSPS) is 11.8. The van der Waals surface area contributed by atoms with Crippen LogP contribution in [0.15, 0.2) is 0 Å². The Morgan fingerprint density at radius 2 is 1.21 bits per heavy atom. The summed E-state index contributed by atoms with van der Waals surface area (Å²) in [6.07, 6.45) is 5.36. The SMILES string of the molecule is CCCOC(=O)C(CCCCCCCC(CC(=O)O)C(=O)O)C(=O)OCCC. The molecule has 2 N–H and O–H groups in total. The maximum Gasteiger partial charge on any atom is 0.320 e. The Bertz CT molecular complexity index is 469. The van der Waals surface area contributed by atoms with Crippen molar-refractivity contribution in [2.45, 2.75) is 78.1 Å². The molecule has 0 aromatic rings. The lowest BCUT2D eigenvalue weighted by Crippen LogP contribution is -2.28. The van der Waals surface area contributed by atoms with Gasteiger partial charge < -0.3 is 19.7 Å². The maximum atomic E-state index is 12.1. The first kappa shape index (κ1) is 25.9. The molecule has 0 aromatic carbocycles. The molecule has 0 amide bonds. The minimum atomic E-state index is -1.11. The molecule has 0 saturated carbocycles. The van der Waals surface area contributed by atoms with E-state index in [0.29, 0.717) is 38.5 Å². The van der Waals surface area contributed by atoms with E-state index >= 15 is 0 Å². The van der Waals surface area contributed by atoms with Crippen molar-refractivity contribution in [1.82, 2.24) is 0 Å². The van der Waals surface area contributed by atoms with Gasteiger partial charge in [0.1, 0.15) is 0 Å². The topological polar surface area (TPSA) is 127 Å². The van der Waals surface area contributed by atoms with Gasteiger partial charge in [0.15, 0.2) is 5.92 Å². The molecule has 0 bridgehead atoms. The highest BCUT2D eigenvalue weighted by Crippen LogP contribution is 2.18. The Morgan fingerprint density at radius 1 is 0.750 bits per heavy atom. The fourth-order valence-corrected chi connectivity index (χ4v) is 2.73. The number of rotatable bonds is 17. The Balaban J connectivity index is 4.21. The van der Waals surface area contributed by atoms with Crippen LogP contribution in [0, 0.1) is 11.8 Å². The smallest absolute Gasteiger partial charge is 0.320 e. The lowest BCUT2D eigenvalue weighted by atomic mass is 9.96. The molecule has 0 heterocycles. The largest absolute Gasteiger partial charge is 0.481 e. The van der Waals surface area contributed by atoms with E-state index in [2.05, 4.69) is 0 Å². The second kappa shape index (κ2) is 15.9. The van der Waals surface area contributed by atoms with Crippen molar-refractivity contribution >= 4 is 23.9 Å². The number of esters is 2. The molecular weight excluding hydrogens is 368 g/mol. The molecule has 0 aliphatic rings. The van der Waals surface area contributed by atoms with Crippen LogP contribution in [0.25, 0.3) is 0 Å². The summed E-state index contributed by atoms with van der Waals surface area (Å²) in [6.45, 7) is 4.31. The fourth-order valence-electron chi connectivity index (χ4n) is 2.73. The van der Waals surface area contributed by atoms with E-state index in [-0.39, 0.29) is 19.6 Å². The number of carboxylic acids is 2. The molecule has 0 aliphatic heterocycles. The number of hydrogen-bond acceptors (Lipinski definition) is 6. The van der Waals surface area contributed by atoms with Gasteiger partial charge in [0.2, 0.25) is 0 Å². The van der Waals surface area contributed by atoms with Crippen LogP contribution in [-0.2, 0) is 28.7 Å². The van der Waals surface area contributed by atoms with Crippen LogP contribution in [0.5, 0.6) is 0 Å². The third-order valence-corrected chi connectivity index (χ3v) is 4.28. The summed E-state index contributed by atoms with van der Waals surface area (Å²) < 4.78 is 10.2. The molecule has 8 nitrogen and oxygen atoms in total. The monoisotopic (exact) mass is 402 g/mol. The maximum absolute atomic E-state index is 12.1. The van der Waals surface area contributed by atoms with Crippen molar-refractivity contribution in [3.05, 3.63) is 0 Å². The van der Waals surface area contributed by atoms with Crippen LogP contribution in [-0.4, -0.2) is 47.3 Å². The predicted octanol–water partition coefficient (Wildman–Crippen LogP) is 3.42. The first-order chi connectivity index (χ1) is 13.3. The van der Waals surface area contributed by atoms with Crippen molar-refractivity contribution in [1.29, 1.82) is 0 Å². The molecule has 0 saturated heterocycles. The van der Waals surface area contributed by atoms with Crippen molar-refractivity contribution < 1.29 is 38.9 Å². The molecule has 1 unspecified atom stereocenters. The molecule has 0 aromatic heterocycles. The standard InChI is InChI=1S/C20H34O8/c1-3-12-27-19(25)16(20(26)28-13-4-2)11-9-7-5-6-8-10-15(18(23)24)14-17(21)22/h15-16H,3-14H2,1-2H3,(H,21,22)(H,23,24). The number of carbonyl (C=O) groups excluding carboxylic acids is 2. The van der Waals surface area contributed by atoms with Crippen LogP contribution in [0.4, 0.5) is 0 Å². The van der Waals surface area contributed by atoms with E-state index in [1.165, 1.54) is 0 Å². The van der Waals surface area contributed by atoms with E-state index < -0.39 is 35.7 Å². The Kier molecular flexibility index (Phi) is 14.7. The number of carboxylic acid groups (broad SMARTS) is 2. The third kappa shape index (κ3) is 12.3. The third-order valence-electron chi connectivity index (χ3n) is 4.28. The van der Waals surface area contributed by atoms with Crippen LogP contribution < -0.4 is 0 Å². The first-order valence-corrected chi connectivity index (χ1v) is 10.1. The number of aliphatic carboxylic acids is 2. The van der Waals surface area contributed by atoms with Crippen molar-refractivity contribution in [3.8, 4) is 0 Å². The lowest BCUT2D eigenvalue weighted by Gasteiger charge is -2.15. The van der Waals surface area contributed by atoms with Gasteiger partial charge in [-0.2, -0.15) is 0 Å². The highest BCUT2D eigenvalue weighted by molar-refractivity contribution is 5.94. The molecule has 0 rings (SSSR count). The van der Waals surface area contributed by atoms with Crippen LogP contribution in [0.2, 0.25) is 0 Å². The van der Waals surface area contributed by atoms with E-state index in [4.69, 9.17) is 19.7 Å². The van der Waals surface area contributed by atoms with Gasteiger partial charge in [0, 0.05) is 0 Å². The summed E-state index contributed by atoms with van der Waals surface area (Å²) in [5, 5.41) is 17.7. The zero-order valence-electron chi connectivity index (χ0n) is 17.0. The van der Waals surface area contributed by atoms with Crippen molar-refractivity contribution in [3.63, 3.8) is 0 Å². The van der Waals surface area contributed by atoms with E-state index in [1.807, 2.05) is 13.8 Å². The summed E-state index contributed by atoms with van der Waals surface area (Å²) in [5.74, 6) is -5.03. The predicted molar refractivity (Wildman–Crippen MR) is 102 cm³/mol. The number of ether oxygens (including phenoxy) is 2. The minimum absolute atomic E-state index is 0.275. The average molecular weight is 402 g/mol. The summed E-state index contributed by atoms with van der Waals surface area (Å²) in [5.41, 5.74) is 0. The Morgan fingerprint density at radius 3 is 1.64 bits per heavy atom. The van der Waals surface area contributed by atoms with Gasteiger partial charge in [-0.25, -0.2) is 0 Å². The molecular formula is C20H34O8. The number of carbonyl (C=O) groups is 4. The van der Waals surface area contributed by atoms with Crippen molar-refractivity contribution in [2.75, 3.05) is 13.2 Å². The summed E-state index contributed by atoms with van der Waals surface area (Å²) in [7, 11) is 0. The lowest BCUT2D eigenvalue weighted by molar-refractivity contribution is -0.162. The van der Waals surface area contributed by atoms with Gasteiger partial charge in [0.25, 0.3) is 0 Å². The fraction of sp³-hybridized carbons (Fsp3) is 0.800. The molecule has 0 fully saturated rings. The highest BCUT2D eigenvalue weighted by Gasteiger charge is 2.29.